The molecule has 114 valence electrons. The van der Waals surface area contributed by atoms with E-state index in [0.29, 0.717) is 36.6 Å². The number of morpholine rings is 1. The predicted molar refractivity (Wildman–Crippen MR) is 79.6 cm³/mol. The van der Waals surface area contributed by atoms with E-state index in [9.17, 15) is 9.59 Å². The molecule has 7 nitrogen and oxygen atoms in total. The molecule has 1 atom stereocenters. The first-order valence-corrected chi connectivity index (χ1v) is 6.85. The van der Waals surface area contributed by atoms with Gasteiger partial charge in [0.2, 0.25) is 5.91 Å². The molecule has 7 heteroatoms. The van der Waals surface area contributed by atoms with E-state index >= 15 is 0 Å². The van der Waals surface area contributed by atoms with Gasteiger partial charge in [0.1, 0.15) is 6.04 Å². The van der Waals surface area contributed by atoms with Gasteiger partial charge >= 0.3 is 0 Å². The van der Waals surface area contributed by atoms with Crippen molar-refractivity contribution in [3.8, 4) is 0 Å². The van der Waals surface area contributed by atoms with Crippen LogP contribution in [0.5, 0.6) is 0 Å². The minimum atomic E-state index is -0.631. The number of nitrogen functional groups attached to an aromatic ring is 2. The number of carbonyl (C=O) groups excluding carboxylic acids is 2. The molecule has 1 fully saturated rings. The largest absolute Gasteiger partial charge is 0.399 e. The third-order valence-corrected chi connectivity index (χ3v) is 3.27. The molecule has 1 aliphatic rings. The van der Waals surface area contributed by atoms with Crippen molar-refractivity contribution in [1.82, 2.24) is 10.2 Å². The number of anilines is 2. The summed E-state index contributed by atoms with van der Waals surface area (Å²) in [5.41, 5.74) is 12.6. The number of nitrogens with two attached hydrogens (primary N) is 2. The van der Waals surface area contributed by atoms with Gasteiger partial charge in [0, 0.05) is 30.0 Å². The van der Waals surface area contributed by atoms with Crippen LogP contribution < -0.4 is 16.8 Å². The van der Waals surface area contributed by atoms with Crippen LogP contribution in [0, 0.1) is 0 Å². The zero-order valence-electron chi connectivity index (χ0n) is 12.0. The van der Waals surface area contributed by atoms with Crippen LogP contribution in [0.15, 0.2) is 18.2 Å². The van der Waals surface area contributed by atoms with Crippen LogP contribution in [0.25, 0.3) is 0 Å². The first kappa shape index (κ1) is 15.1. The van der Waals surface area contributed by atoms with E-state index in [0.717, 1.165) is 0 Å². The molecule has 0 aromatic heterocycles. The van der Waals surface area contributed by atoms with Gasteiger partial charge < -0.3 is 26.4 Å². The molecule has 0 saturated carbocycles. The molecule has 1 aliphatic heterocycles. The zero-order valence-corrected chi connectivity index (χ0v) is 12.0. The molecular formula is C14H20N4O3. The second-order valence-electron chi connectivity index (χ2n) is 4.87. The summed E-state index contributed by atoms with van der Waals surface area (Å²) in [6.45, 7) is 3.28. The molecule has 0 radical (unpaired) electrons. The number of rotatable bonds is 3. The van der Waals surface area contributed by atoms with Crippen LogP contribution >= 0.6 is 0 Å². The number of nitrogens with zero attached hydrogens (tertiary/aromatic N) is 1. The smallest absolute Gasteiger partial charge is 0.254 e. The number of hydrogen-bond donors (Lipinski definition) is 3. The van der Waals surface area contributed by atoms with Crippen molar-refractivity contribution in [1.29, 1.82) is 0 Å². The van der Waals surface area contributed by atoms with E-state index in [1.807, 2.05) is 6.92 Å². The fourth-order valence-corrected chi connectivity index (χ4v) is 2.32. The van der Waals surface area contributed by atoms with E-state index in [1.54, 1.807) is 18.2 Å². The Labute approximate surface area is 123 Å². The second-order valence-corrected chi connectivity index (χ2v) is 4.87. The van der Waals surface area contributed by atoms with E-state index in [-0.39, 0.29) is 18.4 Å². The van der Waals surface area contributed by atoms with Gasteiger partial charge in [-0.25, -0.2) is 0 Å². The Balaban J connectivity index is 2.24. The summed E-state index contributed by atoms with van der Waals surface area (Å²) in [6.07, 6.45) is 0. The fraction of sp³-hybridized carbons (Fsp3) is 0.429. The summed E-state index contributed by atoms with van der Waals surface area (Å²) in [6, 6.07) is 4.07. The fourth-order valence-electron chi connectivity index (χ4n) is 2.32. The maximum atomic E-state index is 12.6. The van der Waals surface area contributed by atoms with Crippen LogP contribution in [0.4, 0.5) is 11.4 Å². The Morgan fingerprint density at radius 1 is 1.33 bits per heavy atom. The molecule has 1 unspecified atom stereocenters. The number of hydrogen-bond acceptors (Lipinski definition) is 5. The van der Waals surface area contributed by atoms with Gasteiger partial charge in [0.15, 0.2) is 0 Å². The topological polar surface area (TPSA) is 111 Å². The maximum absolute atomic E-state index is 12.6. The average molecular weight is 292 g/mol. The van der Waals surface area contributed by atoms with Gasteiger partial charge in [-0.05, 0) is 25.1 Å². The van der Waals surface area contributed by atoms with Crippen molar-refractivity contribution in [2.24, 2.45) is 0 Å². The van der Waals surface area contributed by atoms with Crippen LogP contribution in [-0.2, 0) is 9.53 Å². The summed E-state index contributed by atoms with van der Waals surface area (Å²) in [4.78, 5) is 26.1. The lowest BCUT2D eigenvalue weighted by Gasteiger charge is -2.34. The van der Waals surface area contributed by atoms with E-state index < -0.39 is 6.04 Å². The van der Waals surface area contributed by atoms with Crippen LogP contribution in [-0.4, -0.2) is 49.1 Å². The molecule has 2 amide bonds. The number of benzene rings is 1. The quantitative estimate of drug-likeness (QED) is 0.670. The van der Waals surface area contributed by atoms with Gasteiger partial charge in [-0.1, -0.05) is 0 Å². The van der Waals surface area contributed by atoms with Crippen molar-refractivity contribution in [3.05, 3.63) is 23.8 Å². The molecule has 0 aliphatic carbocycles. The number of nitrogens with one attached hydrogen (secondary N) is 1. The third-order valence-electron chi connectivity index (χ3n) is 3.27. The average Bonchev–Trinajstić information content (AvgIpc) is 2.45. The number of likely N-dealkylation sites (N-methyl/N-ethyl adjacent to an activating group) is 1. The molecule has 1 saturated heterocycles. The van der Waals surface area contributed by atoms with E-state index in [4.69, 9.17) is 16.2 Å². The molecule has 0 bridgehead atoms. The Kier molecular flexibility index (Phi) is 4.64. The third kappa shape index (κ3) is 3.43. The Bertz CT molecular complexity index is 527. The standard InChI is InChI=1S/C14H20N4O3/c1-2-17-13(19)12-8-21-4-3-18(12)14(20)9-5-10(15)7-11(16)6-9/h5-7,12H,2-4,8,15-16H2,1H3,(H,17,19). The molecule has 21 heavy (non-hydrogen) atoms. The monoisotopic (exact) mass is 292 g/mol. The van der Waals surface area contributed by atoms with Gasteiger partial charge in [0.25, 0.3) is 5.91 Å². The SMILES string of the molecule is CCNC(=O)C1COCCN1C(=O)c1cc(N)cc(N)c1. The number of carbonyl (C=O) groups is 2. The highest BCUT2D eigenvalue weighted by atomic mass is 16.5. The lowest BCUT2D eigenvalue weighted by Crippen LogP contribution is -2.55. The second kappa shape index (κ2) is 6.45. The van der Waals surface area contributed by atoms with Gasteiger partial charge in [0.05, 0.1) is 13.2 Å². The zero-order chi connectivity index (χ0) is 15.4. The summed E-state index contributed by atoms with van der Waals surface area (Å²) in [5.74, 6) is -0.490. The van der Waals surface area contributed by atoms with Crippen molar-refractivity contribution in [2.45, 2.75) is 13.0 Å². The highest BCUT2D eigenvalue weighted by Gasteiger charge is 2.33. The van der Waals surface area contributed by atoms with Crippen molar-refractivity contribution in [3.63, 3.8) is 0 Å². The Morgan fingerprint density at radius 3 is 2.62 bits per heavy atom. The van der Waals surface area contributed by atoms with E-state index in [1.165, 1.54) is 4.90 Å². The summed E-state index contributed by atoms with van der Waals surface area (Å²) in [5, 5.41) is 2.71. The van der Waals surface area contributed by atoms with Crippen LogP contribution in [0.3, 0.4) is 0 Å². The lowest BCUT2D eigenvalue weighted by atomic mass is 10.1. The van der Waals surface area contributed by atoms with E-state index in [2.05, 4.69) is 5.32 Å². The van der Waals surface area contributed by atoms with Crippen LogP contribution in [0.2, 0.25) is 0 Å². The minimum Gasteiger partial charge on any atom is -0.399 e. The van der Waals surface area contributed by atoms with Gasteiger partial charge in [-0.3, -0.25) is 9.59 Å². The van der Waals surface area contributed by atoms with Crippen LogP contribution in [0.1, 0.15) is 17.3 Å². The minimum absolute atomic E-state index is 0.190. The summed E-state index contributed by atoms with van der Waals surface area (Å²) in [7, 11) is 0. The normalized spacial score (nSPS) is 18.3. The highest BCUT2D eigenvalue weighted by Crippen LogP contribution is 2.18. The molecule has 1 heterocycles. The molecular weight excluding hydrogens is 272 g/mol. The predicted octanol–water partition coefficient (Wildman–Crippen LogP) is -0.172. The molecule has 0 spiro atoms. The summed E-state index contributed by atoms with van der Waals surface area (Å²) < 4.78 is 5.31. The Hall–Kier alpha value is -2.28. The summed E-state index contributed by atoms with van der Waals surface area (Å²) >= 11 is 0. The van der Waals surface area contributed by atoms with Crippen molar-refractivity contribution >= 4 is 23.2 Å². The first-order valence-electron chi connectivity index (χ1n) is 6.85. The number of amides is 2. The molecule has 1 aromatic carbocycles. The number of ether oxygens (including phenoxy) is 1. The van der Waals surface area contributed by atoms with Crippen molar-refractivity contribution in [2.75, 3.05) is 37.8 Å². The molecule has 2 rings (SSSR count). The van der Waals surface area contributed by atoms with Crippen molar-refractivity contribution < 1.29 is 14.3 Å². The Morgan fingerprint density at radius 2 is 2.00 bits per heavy atom. The first-order chi connectivity index (χ1) is 10.0. The maximum Gasteiger partial charge on any atom is 0.254 e. The molecule has 1 aromatic rings. The highest BCUT2D eigenvalue weighted by molar-refractivity contribution is 5.99. The van der Waals surface area contributed by atoms with Gasteiger partial charge in [-0.15, -0.1) is 0 Å². The molecule has 5 N–H and O–H groups in total. The van der Waals surface area contributed by atoms with Gasteiger partial charge in [-0.2, -0.15) is 0 Å². The lowest BCUT2D eigenvalue weighted by molar-refractivity contribution is -0.130.